The van der Waals surface area contributed by atoms with Crippen LogP contribution in [0.25, 0.3) is 0 Å². The van der Waals surface area contributed by atoms with E-state index in [0.29, 0.717) is 31.5 Å². The Hall–Kier alpha value is -0.590. The van der Waals surface area contributed by atoms with Gasteiger partial charge < -0.3 is 9.47 Å². The van der Waals surface area contributed by atoms with E-state index in [4.69, 9.17) is 14.7 Å². The van der Waals surface area contributed by atoms with Crippen molar-refractivity contribution in [3.05, 3.63) is 0 Å². The molecule has 1 saturated carbocycles. The Bertz CT molecular complexity index is 286. The fourth-order valence-corrected chi connectivity index (χ4v) is 2.84. The molecule has 0 spiro atoms. The third-order valence-corrected chi connectivity index (χ3v) is 4.09. The van der Waals surface area contributed by atoms with Crippen LogP contribution >= 0.6 is 0 Å². The molecule has 2 atom stereocenters. The minimum atomic E-state index is -0.397. The molecule has 3 nitrogen and oxygen atoms in total. The van der Waals surface area contributed by atoms with Crippen LogP contribution in [0.4, 0.5) is 0 Å². The summed E-state index contributed by atoms with van der Waals surface area (Å²) < 4.78 is 11.2. The lowest BCUT2D eigenvalue weighted by Gasteiger charge is -2.22. The maximum Gasteiger partial charge on any atom is 0.166 e. The van der Waals surface area contributed by atoms with Crippen LogP contribution in [0.15, 0.2) is 0 Å². The van der Waals surface area contributed by atoms with Gasteiger partial charge in [-0.05, 0) is 24.2 Å². The van der Waals surface area contributed by atoms with Crippen molar-refractivity contribution >= 4 is 0 Å². The summed E-state index contributed by atoms with van der Waals surface area (Å²) in [6.45, 7) is 7.88. The summed E-state index contributed by atoms with van der Waals surface area (Å²) >= 11 is 0. The predicted molar refractivity (Wildman–Crippen MR) is 55.9 cm³/mol. The fourth-order valence-electron chi connectivity index (χ4n) is 2.84. The van der Waals surface area contributed by atoms with Gasteiger partial charge in [0, 0.05) is 12.8 Å². The van der Waals surface area contributed by atoms with Crippen LogP contribution < -0.4 is 0 Å². The lowest BCUT2D eigenvalue weighted by atomic mass is 10.0. The van der Waals surface area contributed by atoms with Crippen LogP contribution in [0.3, 0.4) is 0 Å². The second-order valence-corrected chi connectivity index (χ2v) is 5.43. The molecule has 1 aliphatic carbocycles. The Morgan fingerprint density at radius 3 is 2.33 bits per heavy atom. The molecule has 0 bridgehead atoms. The highest BCUT2D eigenvalue weighted by Crippen LogP contribution is 2.63. The van der Waals surface area contributed by atoms with Gasteiger partial charge in [0.1, 0.15) is 0 Å². The first-order valence-corrected chi connectivity index (χ1v) is 5.64. The number of hydrogen-bond acceptors (Lipinski definition) is 3. The Morgan fingerprint density at radius 1 is 1.20 bits per heavy atom. The smallest absolute Gasteiger partial charge is 0.166 e. The molecule has 2 fully saturated rings. The number of ether oxygens (including phenoxy) is 2. The Kier molecular flexibility index (Phi) is 2.52. The maximum absolute atomic E-state index is 8.74. The second-order valence-electron chi connectivity index (χ2n) is 5.43. The summed E-state index contributed by atoms with van der Waals surface area (Å²) in [5.41, 5.74) is 0.286. The molecule has 1 heterocycles. The highest BCUT2D eigenvalue weighted by molar-refractivity contribution is 5.08. The van der Waals surface area contributed by atoms with E-state index < -0.39 is 5.79 Å². The average molecular weight is 209 g/mol. The maximum atomic E-state index is 8.74. The quantitative estimate of drug-likeness (QED) is 0.716. The van der Waals surface area contributed by atoms with Gasteiger partial charge in [-0.15, -0.1) is 0 Å². The van der Waals surface area contributed by atoms with Crippen LogP contribution in [0, 0.1) is 28.6 Å². The molecule has 15 heavy (non-hydrogen) atoms. The van der Waals surface area contributed by atoms with Crippen molar-refractivity contribution < 1.29 is 9.47 Å². The SMILES string of the molecule is CC1(CC2C(CC#N)C2(C)C)OCCO1. The molecule has 84 valence electrons. The summed E-state index contributed by atoms with van der Waals surface area (Å²) in [5, 5.41) is 8.74. The summed E-state index contributed by atoms with van der Waals surface area (Å²) in [4.78, 5) is 0. The largest absolute Gasteiger partial charge is 0.348 e. The Morgan fingerprint density at radius 2 is 1.80 bits per heavy atom. The number of nitrogens with zero attached hydrogens (tertiary/aromatic N) is 1. The highest BCUT2D eigenvalue weighted by Gasteiger charge is 2.59. The third-order valence-electron chi connectivity index (χ3n) is 4.09. The molecule has 1 saturated heterocycles. The van der Waals surface area contributed by atoms with E-state index in [1.807, 2.05) is 6.92 Å². The fraction of sp³-hybridized carbons (Fsp3) is 0.917. The van der Waals surface area contributed by atoms with Crippen LogP contribution in [0.1, 0.15) is 33.6 Å². The first-order valence-electron chi connectivity index (χ1n) is 5.64. The summed E-state index contributed by atoms with van der Waals surface area (Å²) in [5.74, 6) is 0.693. The highest BCUT2D eigenvalue weighted by atomic mass is 16.7. The minimum Gasteiger partial charge on any atom is -0.348 e. The first kappa shape index (κ1) is 10.9. The molecule has 0 amide bonds. The number of hydrogen-bond donors (Lipinski definition) is 0. The predicted octanol–water partition coefficient (Wildman–Crippen LogP) is 2.33. The summed E-state index contributed by atoms with van der Waals surface area (Å²) in [7, 11) is 0. The van der Waals surface area contributed by atoms with Gasteiger partial charge in [-0.1, -0.05) is 13.8 Å². The molecule has 1 aliphatic heterocycles. The molecule has 2 aliphatic rings. The van der Waals surface area contributed by atoms with Crippen molar-refractivity contribution in [3.8, 4) is 6.07 Å². The molecule has 0 aromatic rings. The van der Waals surface area contributed by atoms with E-state index in [2.05, 4.69) is 19.9 Å². The van der Waals surface area contributed by atoms with Crippen LogP contribution in [0.5, 0.6) is 0 Å². The molecule has 3 heteroatoms. The lowest BCUT2D eigenvalue weighted by Crippen LogP contribution is -2.26. The zero-order chi connectivity index (χ0) is 11.1. The van der Waals surface area contributed by atoms with Crippen molar-refractivity contribution in [2.24, 2.45) is 17.3 Å². The molecule has 2 rings (SSSR count). The van der Waals surface area contributed by atoms with E-state index in [9.17, 15) is 0 Å². The van der Waals surface area contributed by atoms with Crippen molar-refractivity contribution in [3.63, 3.8) is 0 Å². The van der Waals surface area contributed by atoms with Gasteiger partial charge in [-0.2, -0.15) is 5.26 Å². The zero-order valence-corrected chi connectivity index (χ0v) is 9.75. The van der Waals surface area contributed by atoms with Crippen molar-refractivity contribution in [1.29, 1.82) is 5.26 Å². The molecular formula is C12H19NO2. The first-order chi connectivity index (χ1) is 6.99. The minimum absolute atomic E-state index is 0.286. The van der Waals surface area contributed by atoms with E-state index in [1.54, 1.807) is 0 Å². The van der Waals surface area contributed by atoms with E-state index in [-0.39, 0.29) is 5.41 Å². The number of rotatable bonds is 3. The summed E-state index contributed by atoms with van der Waals surface area (Å²) in [6.07, 6.45) is 1.58. The zero-order valence-electron chi connectivity index (χ0n) is 9.75. The van der Waals surface area contributed by atoms with Crippen LogP contribution in [0.2, 0.25) is 0 Å². The van der Waals surface area contributed by atoms with E-state index >= 15 is 0 Å². The van der Waals surface area contributed by atoms with Crippen molar-refractivity contribution in [2.45, 2.75) is 39.4 Å². The molecule has 2 unspecified atom stereocenters. The monoisotopic (exact) mass is 209 g/mol. The Labute approximate surface area is 91.4 Å². The third kappa shape index (κ3) is 1.89. The molecule has 0 aromatic carbocycles. The second kappa shape index (κ2) is 3.47. The lowest BCUT2D eigenvalue weighted by molar-refractivity contribution is -0.151. The van der Waals surface area contributed by atoms with Crippen molar-refractivity contribution in [2.75, 3.05) is 13.2 Å². The standard InChI is InChI=1S/C12H19NO2/c1-11(2)9(4-5-13)10(11)8-12(3)14-6-7-15-12/h9-10H,4,6-8H2,1-3H3. The Balaban J connectivity index is 1.94. The summed E-state index contributed by atoms with van der Waals surface area (Å²) in [6, 6.07) is 2.27. The van der Waals surface area contributed by atoms with E-state index in [1.165, 1.54) is 0 Å². The molecular weight excluding hydrogens is 190 g/mol. The van der Waals surface area contributed by atoms with Gasteiger partial charge in [0.2, 0.25) is 0 Å². The number of nitriles is 1. The van der Waals surface area contributed by atoms with Gasteiger partial charge in [-0.25, -0.2) is 0 Å². The van der Waals surface area contributed by atoms with E-state index in [0.717, 1.165) is 6.42 Å². The van der Waals surface area contributed by atoms with Gasteiger partial charge in [0.25, 0.3) is 0 Å². The normalized spacial score (nSPS) is 36.1. The van der Waals surface area contributed by atoms with Gasteiger partial charge >= 0.3 is 0 Å². The van der Waals surface area contributed by atoms with Gasteiger partial charge in [-0.3, -0.25) is 0 Å². The van der Waals surface area contributed by atoms with Gasteiger partial charge in [0.15, 0.2) is 5.79 Å². The molecule has 0 N–H and O–H groups in total. The van der Waals surface area contributed by atoms with Crippen molar-refractivity contribution in [1.82, 2.24) is 0 Å². The average Bonchev–Trinajstić information content (AvgIpc) is 2.54. The molecule has 0 aromatic heterocycles. The van der Waals surface area contributed by atoms with Gasteiger partial charge in [0.05, 0.1) is 19.3 Å². The van der Waals surface area contributed by atoms with Crippen LogP contribution in [-0.4, -0.2) is 19.0 Å². The molecule has 0 radical (unpaired) electrons. The topological polar surface area (TPSA) is 42.2 Å². The van der Waals surface area contributed by atoms with Crippen LogP contribution in [-0.2, 0) is 9.47 Å².